The van der Waals surface area contributed by atoms with Gasteiger partial charge < -0.3 is 4.90 Å². The summed E-state index contributed by atoms with van der Waals surface area (Å²) in [7, 11) is -3.81. The summed E-state index contributed by atoms with van der Waals surface area (Å²) < 4.78 is 29.8. The lowest BCUT2D eigenvalue weighted by molar-refractivity contribution is -0.116. The third-order valence-corrected chi connectivity index (χ3v) is 7.62. The van der Waals surface area contributed by atoms with Crippen LogP contribution in [0.25, 0.3) is 0 Å². The van der Waals surface area contributed by atoms with Crippen LogP contribution in [0, 0.1) is 6.92 Å². The van der Waals surface area contributed by atoms with E-state index in [0.717, 1.165) is 15.6 Å². The van der Waals surface area contributed by atoms with Crippen LogP contribution in [-0.2, 0) is 21.2 Å². The molecule has 3 rings (SSSR count). The molecular weight excluding hydrogens is 484 g/mol. The molecule has 0 saturated carbocycles. The normalized spacial score (nSPS) is 16.5. The van der Waals surface area contributed by atoms with Crippen LogP contribution in [0.5, 0.6) is 0 Å². The van der Waals surface area contributed by atoms with Gasteiger partial charge in [-0.05, 0) is 77.7 Å². The zero-order valence-corrected chi connectivity index (χ0v) is 18.5. The monoisotopic (exact) mass is 500 g/mol. The highest BCUT2D eigenvalue weighted by molar-refractivity contribution is 9.10. The number of amides is 1. The zero-order chi connectivity index (χ0) is 19.2. The number of hydrogen-bond acceptors (Lipinski definition) is 3. The molecule has 0 unspecified atom stereocenters. The maximum atomic E-state index is 12.9. The van der Waals surface area contributed by atoms with Crippen LogP contribution in [0.4, 0.5) is 11.4 Å². The fourth-order valence-electron chi connectivity index (χ4n) is 3.22. The zero-order valence-electron chi connectivity index (χ0n) is 14.5. The molecule has 8 heteroatoms. The van der Waals surface area contributed by atoms with Crippen LogP contribution in [0.3, 0.4) is 0 Å². The van der Waals surface area contributed by atoms with Gasteiger partial charge in [0.1, 0.15) is 4.90 Å². The predicted molar refractivity (Wildman–Crippen MR) is 110 cm³/mol. The molecule has 0 aromatic heterocycles. The summed E-state index contributed by atoms with van der Waals surface area (Å²) in [6.07, 6.45) is 0.702. The first kappa shape index (κ1) is 19.4. The third kappa shape index (κ3) is 3.54. The van der Waals surface area contributed by atoms with Gasteiger partial charge in [-0.1, -0.05) is 15.9 Å². The number of fused-ring (bicyclic) bond motifs is 1. The number of halogens is 2. The molecule has 0 fully saturated rings. The first-order valence-electron chi connectivity index (χ1n) is 8.01. The Kier molecular flexibility index (Phi) is 5.20. The summed E-state index contributed by atoms with van der Waals surface area (Å²) in [4.78, 5) is 13.7. The molecule has 1 heterocycles. The summed E-state index contributed by atoms with van der Waals surface area (Å²) in [5, 5.41) is 0. The number of anilines is 2. The van der Waals surface area contributed by atoms with Crippen molar-refractivity contribution in [2.24, 2.45) is 0 Å². The van der Waals surface area contributed by atoms with Crippen molar-refractivity contribution in [3.63, 3.8) is 0 Å². The molecule has 0 saturated heterocycles. The quantitative estimate of drug-likeness (QED) is 0.667. The average molecular weight is 502 g/mol. The molecule has 1 atom stereocenters. The summed E-state index contributed by atoms with van der Waals surface area (Å²) in [6.45, 7) is 5.33. The molecule has 2 aromatic carbocycles. The van der Waals surface area contributed by atoms with E-state index in [0.29, 0.717) is 22.3 Å². The molecule has 0 bridgehead atoms. The van der Waals surface area contributed by atoms with Gasteiger partial charge in [0.25, 0.3) is 10.0 Å². The Balaban J connectivity index is 2.03. The Morgan fingerprint density at radius 1 is 1.19 bits per heavy atom. The van der Waals surface area contributed by atoms with E-state index in [1.807, 2.05) is 13.8 Å². The maximum absolute atomic E-state index is 12.9. The predicted octanol–water partition coefficient (Wildman–Crippen LogP) is 4.62. The van der Waals surface area contributed by atoms with Gasteiger partial charge >= 0.3 is 0 Å². The number of carbonyl (C=O) groups is 1. The SMILES string of the molecule is CC(=O)N1c2cc(S(=O)(=O)Nc3ccc(Br)c(C)c3)c(Br)cc2C[C@@H]1C. The average Bonchev–Trinajstić information content (AvgIpc) is 2.84. The molecule has 1 aliphatic heterocycles. The van der Waals surface area contributed by atoms with Gasteiger partial charge in [-0.15, -0.1) is 0 Å². The molecule has 5 nitrogen and oxygen atoms in total. The first-order chi connectivity index (χ1) is 12.1. The van der Waals surface area contributed by atoms with Crippen molar-refractivity contribution >= 4 is 59.2 Å². The van der Waals surface area contributed by atoms with Gasteiger partial charge in [0.05, 0.1) is 0 Å². The van der Waals surface area contributed by atoms with Gasteiger partial charge in [-0.2, -0.15) is 0 Å². The molecule has 2 aromatic rings. The van der Waals surface area contributed by atoms with Crippen LogP contribution >= 0.6 is 31.9 Å². The Morgan fingerprint density at radius 2 is 1.88 bits per heavy atom. The Morgan fingerprint density at radius 3 is 2.50 bits per heavy atom. The molecule has 1 N–H and O–H groups in total. The van der Waals surface area contributed by atoms with Crippen molar-refractivity contribution < 1.29 is 13.2 Å². The summed E-state index contributed by atoms with van der Waals surface area (Å²) in [5.74, 6) is -0.0987. The van der Waals surface area contributed by atoms with Crippen LogP contribution in [0.15, 0.2) is 44.2 Å². The second kappa shape index (κ2) is 6.98. The van der Waals surface area contributed by atoms with E-state index in [1.54, 1.807) is 35.2 Å². The molecule has 138 valence electrons. The van der Waals surface area contributed by atoms with Crippen molar-refractivity contribution in [2.45, 2.75) is 38.1 Å². The van der Waals surface area contributed by atoms with E-state index < -0.39 is 10.0 Å². The largest absolute Gasteiger partial charge is 0.309 e. The highest BCUT2D eigenvalue weighted by Gasteiger charge is 2.32. The van der Waals surface area contributed by atoms with E-state index in [2.05, 4.69) is 36.6 Å². The minimum absolute atomic E-state index is 0.00874. The van der Waals surface area contributed by atoms with Crippen molar-refractivity contribution in [1.82, 2.24) is 0 Å². The lowest BCUT2D eigenvalue weighted by atomic mass is 10.1. The van der Waals surface area contributed by atoms with Gasteiger partial charge in [-0.3, -0.25) is 9.52 Å². The molecule has 1 amide bonds. The van der Waals surface area contributed by atoms with Crippen LogP contribution < -0.4 is 9.62 Å². The molecular formula is C18H18Br2N2O3S. The Bertz CT molecular complexity index is 1010. The highest BCUT2D eigenvalue weighted by atomic mass is 79.9. The lowest BCUT2D eigenvalue weighted by Crippen LogP contribution is -2.33. The van der Waals surface area contributed by atoms with Gasteiger partial charge in [-0.25, -0.2) is 8.42 Å². The highest BCUT2D eigenvalue weighted by Crippen LogP contribution is 2.38. The molecule has 0 aliphatic carbocycles. The van der Waals surface area contributed by atoms with Crippen LogP contribution in [-0.4, -0.2) is 20.4 Å². The minimum atomic E-state index is -3.81. The molecule has 1 aliphatic rings. The fourth-order valence-corrected chi connectivity index (χ4v) is 5.63. The van der Waals surface area contributed by atoms with E-state index in [-0.39, 0.29) is 16.8 Å². The molecule has 0 radical (unpaired) electrons. The van der Waals surface area contributed by atoms with Crippen LogP contribution in [0.2, 0.25) is 0 Å². The van der Waals surface area contributed by atoms with E-state index in [1.165, 1.54) is 6.92 Å². The minimum Gasteiger partial charge on any atom is -0.309 e. The van der Waals surface area contributed by atoms with E-state index >= 15 is 0 Å². The van der Waals surface area contributed by atoms with E-state index in [4.69, 9.17) is 0 Å². The fraction of sp³-hybridized carbons (Fsp3) is 0.278. The third-order valence-electron chi connectivity index (χ3n) is 4.39. The number of rotatable bonds is 3. The smallest absolute Gasteiger partial charge is 0.263 e. The summed E-state index contributed by atoms with van der Waals surface area (Å²) in [5.41, 5.74) is 3.02. The van der Waals surface area contributed by atoms with Gasteiger partial charge in [0, 0.05) is 33.3 Å². The number of aryl methyl sites for hydroxylation is 1. The van der Waals surface area contributed by atoms with Crippen molar-refractivity contribution in [3.8, 4) is 0 Å². The van der Waals surface area contributed by atoms with Crippen molar-refractivity contribution in [1.29, 1.82) is 0 Å². The number of sulfonamides is 1. The van der Waals surface area contributed by atoms with E-state index in [9.17, 15) is 13.2 Å². The second-order valence-corrected chi connectivity index (χ2v) is 9.78. The number of benzene rings is 2. The summed E-state index contributed by atoms with van der Waals surface area (Å²) >= 11 is 6.77. The topological polar surface area (TPSA) is 66.5 Å². The van der Waals surface area contributed by atoms with Gasteiger partial charge in [0.2, 0.25) is 5.91 Å². The van der Waals surface area contributed by atoms with Crippen LogP contribution in [0.1, 0.15) is 25.0 Å². The second-order valence-electron chi connectivity index (χ2n) is 6.42. The van der Waals surface area contributed by atoms with Crippen molar-refractivity contribution in [3.05, 3.63) is 50.4 Å². The van der Waals surface area contributed by atoms with Crippen molar-refractivity contribution in [2.75, 3.05) is 9.62 Å². The maximum Gasteiger partial charge on any atom is 0.263 e. The first-order valence-corrected chi connectivity index (χ1v) is 11.1. The molecule has 0 spiro atoms. The Hall–Kier alpha value is -1.38. The standard InChI is InChI=1S/C18H18Br2N2O3S/c1-10-6-14(4-5-15(10)19)21-26(24,25)18-9-17-13(8-16(18)20)7-11(2)22(17)12(3)23/h4-6,8-9,11,21H,7H2,1-3H3/t11-/m0/s1. The molecule has 26 heavy (non-hydrogen) atoms. The summed E-state index contributed by atoms with van der Waals surface area (Å²) in [6, 6.07) is 8.61. The Labute approximate surface area is 170 Å². The van der Waals surface area contributed by atoms with Gasteiger partial charge in [0.15, 0.2) is 0 Å². The number of hydrogen-bond donors (Lipinski definition) is 1. The number of nitrogens with one attached hydrogen (secondary N) is 1. The lowest BCUT2D eigenvalue weighted by Gasteiger charge is -2.21. The number of nitrogens with zero attached hydrogens (tertiary/aromatic N) is 1. The number of carbonyl (C=O) groups excluding carboxylic acids is 1.